The highest BCUT2D eigenvalue weighted by molar-refractivity contribution is 9.10. The third-order valence-electron chi connectivity index (χ3n) is 3.42. The van der Waals surface area contributed by atoms with Crippen molar-refractivity contribution >= 4 is 15.9 Å². The van der Waals surface area contributed by atoms with E-state index < -0.39 is 5.60 Å². The number of hydrogen-bond donors (Lipinski definition) is 2. The van der Waals surface area contributed by atoms with Crippen LogP contribution >= 0.6 is 15.9 Å². The summed E-state index contributed by atoms with van der Waals surface area (Å²) < 4.78 is 6.09. The maximum atomic E-state index is 10.5. The van der Waals surface area contributed by atoms with E-state index in [9.17, 15) is 5.11 Å². The predicted octanol–water partition coefficient (Wildman–Crippen LogP) is 2.10. The second kappa shape index (κ2) is 4.96. The first-order valence-corrected chi connectivity index (χ1v) is 6.63. The SMILES string of the molecule is COc1ccc(CC(O)(CN)C2CC2)cc1Br. The van der Waals surface area contributed by atoms with Gasteiger partial charge in [-0.2, -0.15) is 0 Å². The minimum absolute atomic E-state index is 0.321. The normalized spacial score (nSPS) is 18.8. The summed E-state index contributed by atoms with van der Waals surface area (Å²) in [5.74, 6) is 1.17. The Balaban J connectivity index is 2.15. The monoisotopic (exact) mass is 299 g/mol. The molecule has 0 radical (unpaired) electrons. The second-order valence-corrected chi connectivity index (χ2v) is 5.58. The van der Waals surface area contributed by atoms with Crippen molar-refractivity contribution < 1.29 is 9.84 Å². The van der Waals surface area contributed by atoms with E-state index in [0.29, 0.717) is 18.9 Å². The van der Waals surface area contributed by atoms with E-state index in [0.717, 1.165) is 28.6 Å². The molecule has 17 heavy (non-hydrogen) atoms. The Morgan fingerprint density at radius 1 is 1.53 bits per heavy atom. The minimum atomic E-state index is -0.742. The van der Waals surface area contributed by atoms with Crippen LogP contribution in [0.2, 0.25) is 0 Å². The molecule has 1 saturated carbocycles. The van der Waals surface area contributed by atoms with Crippen LogP contribution < -0.4 is 10.5 Å². The fourth-order valence-corrected chi connectivity index (χ4v) is 2.77. The summed E-state index contributed by atoms with van der Waals surface area (Å²) in [7, 11) is 1.64. The van der Waals surface area contributed by atoms with E-state index in [1.165, 1.54) is 0 Å². The molecule has 0 aromatic heterocycles. The van der Waals surface area contributed by atoms with Gasteiger partial charge in [-0.25, -0.2) is 0 Å². The van der Waals surface area contributed by atoms with E-state index in [1.54, 1.807) is 7.11 Å². The molecule has 1 atom stereocenters. The maximum Gasteiger partial charge on any atom is 0.133 e. The molecule has 1 aromatic carbocycles. The van der Waals surface area contributed by atoms with Gasteiger partial charge in [0.05, 0.1) is 17.2 Å². The first-order chi connectivity index (χ1) is 8.09. The van der Waals surface area contributed by atoms with Gasteiger partial charge in [0.15, 0.2) is 0 Å². The van der Waals surface area contributed by atoms with E-state index in [-0.39, 0.29) is 0 Å². The van der Waals surface area contributed by atoms with Crippen molar-refractivity contribution in [2.45, 2.75) is 24.9 Å². The fourth-order valence-electron chi connectivity index (χ4n) is 2.18. The number of rotatable bonds is 5. The second-order valence-electron chi connectivity index (χ2n) is 4.73. The lowest BCUT2D eigenvalue weighted by molar-refractivity contribution is 0.0267. The van der Waals surface area contributed by atoms with E-state index >= 15 is 0 Å². The third kappa shape index (κ3) is 2.81. The summed E-state index contributed by atoms with van der Waals surface area (Å²) in [5, 5.41) is 10.5. The molecule has 1 aromatic rings. The lowest BCUT2D eigenvalue weighted by Crippen LogP contribution is -2.42. The predicted molar refractivity (Wildman–Crippen MR) is 71.1 cm³/mol. The highest BCUT2D eigenvalue weighted by Crippen LogP contribution is 2.41. The molecule has 0 aliphatic heterocycles. The summed E-state index contributed by atoms with van der Waals surface area (Å²) in [6.45, 7) is 0.321. The van der Waals surface area contributed by atoms with Gasteiger partial charge >= 0.3 is 0 Å². The van der Waals surface area contributed by atoms with Crippen LogP contribution in [0.15, 0.2) is 22.7 Å². The van der Waals surface area contributed by atoms with Crippen molar-refractivity contribution in [3.05, 3.63) is 28.2 Å². The Labute approximate surface area is 110 Å². The Bertz CT molecular complexity index is 406. The molecule has 94 valence electrons. The van der Waals surface area contributed by atoms with Crippen molar-refractivity contribution in [1.29, 1.82) is 0 Å². The summed E-state index contributed by atoms with van der Waals surface area (Å²) in [6.07, 6.45) is 2.78. The molecular weight excluding hydrogens is 282 g/mol. The number of benzene rings is 1. The van der Waals surface area contributed by atoms with Gasteiger partial charge in [0.25, 0.3) is 0 Å². The van der Waals surface area contributed by atoms with Crippen LogP contribution in [-0.4, -0.2) is 24.4 Å². The summed E-state index contributed by atoms with van der Waals surface area (Å²) in [6, 6.07) is 5.87. The topological polar surface area (TPSA) is 55.5 Å². The van der Waals surface area contributed by atoms with Gasteiger partial charge in [0.2, 0.25) is 0 Å². The molecule has 0 saturated heterocycles. The molecule has 0 amide bonds. The number of methoxy groups -OCH3 is 1. The number of halogens is 1. The molecule has 0 bridgehead atoms. The molecular formula is C13H18BrNO2. The van der Waals surface area contributed by atoms with E-state index in [4.69, 9.17) is 10.5 Å². The summed E-state index contributed by atoms with van der Waals surface area (Å²) in [4.78, 5) is 0. The average Bonchev–Trinajstić information content (AvgIpc) is 3.13. The van der Waals surface area contributed by atoms with Gasteiger partial charge in [-0.05, 0) is 52.4 Å². The molecule has 0 heterocycles. The van der Waals surface area contributed by atoms with Crippen molar-refractivity contribution in [3.63, 3.8) is 0 Å². The van der Waals surface area contributed by atoms with Gasteiger partial charge in [-0.15, -0.1) is 0 Å². The highest BCUT2D eigenvalue weighted by atomic mass is 79.9. The Morgan fingerprint density at radius 2 is 2.24 bits per heavy atom. The smallest absolute Gasteiger partial charge is 0.133 e. The van der Waals surface area contributed by atoms with Gasteiger partial charge in [-0.1, -0.05) is 6.07 Å². The lowest BCUT2D eigenvalue weighted by atomic mass is 9.90. The van der Waals surface area contributed by atoms with Crippen LogP contribution in [0.3, 0.4) is 0 Å². The fraction of sp³-hybridized carbons (Fsp3) is 0.538. The quantitative estimate of drug-likeness (QED) is 0.875. The lowest BCUT2D eigenvalue weighted by Gasteiger charge is -2.26. The molecule has 0 spiro atoms. The first-order valence-electron chi connectivity index (χ1n) is 5.84. The van der Waals surface area contributed by atoms with Crippen molar-refractivity contribution in [3.8, 4) is 5.75 Å². The Hall–Kier alpha value is -0.580. The molecule has 1 unspecified atom stereocenters. The number of ether oxygens (including phenoxy) is 1. The number of hydrogen-bond acceptors (Lipinski definition) is 3. The molecule has 4 heteroatoms. The zero-order valence-electron chi connectivity index (χ0n) is 9.95. The van der Waals surface area contributed by atoms with Gasteiger partial charge in [0.1, 0.15) is 5.75 Å². The third-order valence-corrected chi connectivity index (χ3v) is 4.04. The van der Waals surface area contributed by atoms with Crippen molar-refractivity contribution in [1.82, 2.24) is 0 Å². The van der Waals surface area contributed by atoms with Crippen LogP contribution in [0, 0.1) is 5.92 Å². The molecule has 1 fully saturated rings. The Morgan fingerprint density at radius 3 is 2.71 bits per heavy atom. The zero-order valence-corrected chi connectivity index (χ0v) is 11.5. The summed E-state index contributed by atoms with van der Waals surface area (Å²) in [5.41, 5.74) is 6.04. The highest BCUT2D eigenvalue weighted by Gasteiger charge is 2.42. The number of aliphatic hydroxyl groups is 1. The summed E-state index contributed by atoms with van der Waals surface area (Å²) >= 11 is 3.45. The molecule has 3 nitrogen and oxygen atoms in total. The Kier molecular flexibility index (Phi) is 3.76. The molecule has 1 aliphatic rings. The number of nitrogens with two attached hydrogens (primary N) is 1. The van der Waals surface area contributed by atoms with Crippen LogP contribution in [-0.2, 0) is 6.42 Å². The van der Waals surface area contributed by atoms with Crippen molar-refractivity contribution in [2.75, 3.05) is 13.7 Å². The molecule has 1 aliphatic carbocycles. The maximum absolute atomic E-state index is 10.5. The van der Waals surface area contributed by atoms with Gasteiger partial charge in [0, 0.05) is 13.0 Å². The van der Waals surface area contributed by atoms with Crippen LogP contribution in [0.1, 0.15) is 18.4 Å². The zero-order chi connectivity index (χ0) is 12.5. The van der Waals surface area contributed by atoms with E-state index in [1.807, 2.05) is 18.2 Å². The average molecular weight is 300 g/mol. The minimum Gasteiger partial charge on any atom is -0.496 e. The van der Waals surface area contributed by atoms with Crippen LogP contribution in [0.4, 0.5) is 0 Å². The first kappa shape index (κ1) is 12.9. The van der Waals surface area contributed by atoms with Crippen LogP contribution in [0.25, 0.3) is 0 Å². The van der Waals surface area contributed by atoms with Gasteiger partial charge in [-0.3, -0.25) is 0 Å². The standard InChI is InChI=1S/C13H18BrNO2/c1-17-12-5-2-9(6-11(12)14)7-13(16,8-15)10-3-4-10/h2,5-6,10,16H,3-4,7-8,15H2,1H3. The van der Waals surface area contributed by atoms with Crippen LogP contribution in [0.5, 0.6) is 5.75 Å². The van der Waals surface area contributed by atoms with Gasteiger partial charge < -0.3 is 15.6 Å². The largest absolute Gasteiger partial charge is 0.496 e. The van der Waals surface area contributed by atoms with Crippen molar-refractivity contribution in [2.24, 2.45) is 11.7 Å². The molecule has 2 rings (SSSR count). The van der Waals surface area contributed by atoms with E-state index in [2.05, 4.69) is 15.9 Å². The molecule has 3 N–H and O–H groups in total.